The van der Waals surface area contributed by atoms with Crippen molar-refractivity contribution < 1.29 is 4.74 Å². The molecule has 0 unspecified atom stereocenters. The summed E-state index contributed by atoms with van der Waals surface area (Å²) in [5.74, 6) is 2.49. The van der Waals surface area contributed by atoms with Crippen LogP contribution in [0.15, 0.2) is 146 Å². The van der Waals surface area contributed by atoms with Gasteiger partial charge >= 0.3 is 0 Å². The van der Waals surface area contributed by atoms with Gasteiger partial charge < -0.3 is 14.5 Å². The molecule has 1 aliphatic heterocycles. The van der Waals surface area contributed by atoms with Crippen molar-refractivity contribution in [2.75, 3.05) is 16.5 Å². The maximum absolute atomic E-state index is 7.03. The quantitative estimate of drug-likeness (QED) is 0.160. The van der Waals surface area contributed by atoms with E-state index in [1.165, 1.54) is 61.2 Å². The van der Waals surface area contributed by atoms with Crippen LogP contribution >= 0.6 is 0 Å². The van der Waals surface area contributed by atoms with E-state index in [2.05, 4.69) is 251 Å². The summed E-state index contributed by atoms with van der Waals surface area (Å²) in [6.07, 6.45) is 1.93. The van der Waals surface area contributed by atoms with E-state index in [1.54, 1.807) is 0 Å². The molecule has 0 saturated carbocycles. The van der Waals surface area contributed by atoms with Crippen LogP contribution in [0.4, 0.5) is 22.7 Å². The summed E-state index contributed by atoms with van der Waals surface area (Å²) in [6, 6.07) is 51.6. The molecule has 8 aromatic rings. The van der Waals surface area contributed by atoms with E-state index in [0.717, 1.165) is 34.0 Å². The third-order valence-corrected chi connectivity index (χ3v) is 13.8. The number of nitrogens with zero attached hydrogens (tertiary/aromatic N) is 4. The molecule has 0 N–H and O–H groups in total. The molecule has 338 valence electrons. The number of hydrogen-bond donors (Lipinski definition) is 0. The molecule has 0 radical (unpaired) electrons. The molecule has 0 amide bonds. The van der Waals surface area contributed by atoms with Gasteiger partial charge in [-0.2, -0.15) is 0 Å². The number of ether oxygens (including phenoxy) is 1. The zero-order valence-electron chi connectivity index (χ0n) is 41.8. The zero-order chi connectivity index (χ0) is 47.1. The number of hydrogen-bond acceptors (Lipinski definition) is 4. The number of pyridine rings is 1. The minimum atomic E-state index is -0.204. The lowest BCUT2D eigenvalue weighted by Gasteiger charge is -2.32. The maximum Gasteiger partial charge on any atom is 0.137 e. The topological polar surface area (TPSA) is 33.5 Å². The lowest BCUT2D eigenvalue weighted by molar-refractivity contribution is 0.479. The molecule has 9 rings (SSSR count). The van der Waals surface area contributed by atoms with E-state index >= 15 is 0 Å². The van der Waals surface area contributed by atoms with Gasteiger partial charge in [0.25, 0.3) is 0 Å². The molecule has 0 fully saturated rings. The molecule has 1 aliphatic rings. The van der Waals surface area contributed by atoms with E-state index in [1.807, 2.05) is 6.20 Å². The van der Waals surface area contributed by atoms with Crippen molar-refractivity contribution in [1.82, 2.24) is 9.55 Å². The number of aromatic nitrogens is 2. The van der Waals surface area contributed by atoms with Gasteiger partial charge in [-0.3, -0.25) is 4.57 Å². The van der Waals surface area contributed by atoms with Crippen LogP contribution in [0.2, 0.25) is 0 Å². The van der Waals surface area contributed by atoms with Gasteiger partial charge in [0.1, 0.15) is 24.0 Å². The predicted octanol–water partition coefficient (Wildman–Crippen LogP) is 16.7. The van der Waals surface area contributed by atoms with E-state index in [9.17, 15) is 0 Å². The molecule has 6 aromatic carbocycles. The predicted molar refractivity (Wildman–Crippen MR) is 280 cm³/mol. The molecule has 5 heteroatoms. The maximum atomic E-state index is 7.03. The van der Waals surface area contributed by atoms with E-state index in [0.29, 0.717) is 6.67 Å². The highest BCUT2D eigenvalue weighted by molar-refractivity contribution is 6.09. The minimum Gasteiger partial charge on any atom is -0.457 e. The van der Waals surface area contributed by atoms with Crippen LogP contribution in [0.1, 0.15) is 130 Å². The second-order valence-corrected chi connectivity index (χ2v) is 23.2. The summed E-state index contributed by atoms with van der Waals surface area (Å²) in [5.41, 5.74) is 14.1. The van der Waals surface area contributed by atoms with Gasteiger partial charge in [-0.25, -0.2) is 4.98 Å². The van der Waals surface area contributed by atoms with Crippen LogP contribution in [-0.4, -0.2) is 16.2 Å². The number of anilines is 4. The SMILES string of the molecule is CC(C)(C)c1cc(Oc2ccc3c4ccccc4n(-c4cc(C(C)(C)C)ccn4)c3c2)cc(N2CN(c3cc(C(C)(C)C)cc(C(C)(C)c4ccccc4)c3)c3cc(C(C)(C)C)ccc32)c1. The Morgan fingerprint density at radius 3 is 1.67 bits per heavy atom. The Morgan fingerprint density at radius 2 is 0.985 bits per heavy atom. The Bertz CT molecular complexity index is 3110. The van der Waals surface area contributed by atoms with Gasteiger partial charge in [-0.1, -0.05) is 158 Å². The smallest absolute Gasteiger partial charge is 0.137 e. The van der Waals surface area contributed by atoms with Crippen molar-refractivity contribution in [3.63, 3.8) is 0 Å². The molecule has 0 saturated heterocycles. The number of fused-ring (bicyclic) bond motifs is 4. The molecule has 66 heavy (non-hydrogen) atoms. The summed E-state index contributed by atoms with van der Waals surface area (Å²) in [4.78, 5) is 9.94. The second kappa shape index (κ2) is 15.9. The molecule has 3 heterocycles. The molecule has 5 nitrogen and oxygen atoms in total. The molecule has 0 aliphatic carbocycles. The highest BCUT2D eigenvalue weighted by Gasteiger charge is 2.34. The largest absolute Gasteiger partial charge is 0.457 e. The fourth-order valence-corrected chi connectivity index (χ4v) is 9.39. The van der Waals surface area contributed by atoms with Crippen molar-refractivity contribution in [1.29, 1.82) is 0 Å². The van der Waals surface area contributed by atoms with Crippen molar-refractivity contribution in [3.8, 4) is 17.3 Å². The summed E-state index contributed by atoms with van der Waals surface area (Å²) in [6.45, 7) is 32.9. The standard InChI is InChI=1S/C61H68N4O/c1-57(2,3)41-24-27-53-55(35-41)64(46-31-43(59(7,8)9)30-45(33-46)61(13,14)40-20-16-15-17-21-40)39-63(53)47-32-44(60(10,11)12)34-49(37-47)66-48-25-26-51-50-22-18-19-23-52(50)65(54(51)38-48)56-36-42(28-29-62-56)58(4,5)6/h15-38H,39H2,1-14H3. The Balaban J connectivity index is 1.17. The molecule has 0 bridgehead atoms. The monoisotopic (exact) mass is 873 g/mol. The normalized spacial score (nSPS) is 13.8. The van der Waals surface area contributed by atoms with Gasteiger partial charge in [0.2, 0.25) is 0 Å². The summed E-state index contributed by atoms with van der Waals surface area (Å²) >= 11 is 0. The number of para-hydroxylation sites is 1. The molecule has 0 spiro atoms. The Labute approximate surface area is 394 Å². The third kappa shape index (κ3) is 8.38. The highest BCUT2D eigenvalue weighted by atomic mass is 16.5. The van der Waals surface area contributed by atoms with Crippen molar-refractivity contribution >= 4 is 44.6 Å². The lowest BCUT2D eigenvalue weighted by Crippen LogP contribution is -2.26. The number of benzene rings is 6. The summed E-state index contributed by atoms with van der Waals surface area (Å²) in [5, 5.41) is 2.36. The van der Waals surface area contributed by atoms with Gasteiger partial charge in [-0.15, -0.1) is 0 Å². The summed E-state index contributed by atoms with van der Waals surface area (Å²) in [7, 11) is 0. The van der Waals surface area contributed by atoms with Gasteiger partial charge in [0.05, 0.1) is 22.4 Å². The van der Waals surface area contributed by atoms with Crippen LogP contribution < -0.4 is 14.5 Å². The Hall–Kier alpha value is -6.33. The minimum absolute atomic E-state index is 0.0129. The Kier molecular flexibility index (Phi) is 10.8. The molecule has 0 atom stereocenters. The van der Waals surface area contributed by atoms with Crippen LogP contribution in [0, 0.1) is 0 Å². The molecule has 2 aromatic heterocycles. The first-order chi connectivity index (χ1) is 31.0. The van der Waals surface area contributed by atoms with Crippen molar-refractivity contribution in [2.45, 2.75) is 124 Å². The van der Waals surface area contributed by atoms with Crippen molar-refractivity contribution in [3.05, 3.63) is 179 Å². The van der Waals surface area contributed by atoms with Gasteiger partial charge in [0, 0.05) is 45.9 Å². The Morgan fingerprint density at radius 1 is 0.409 bits per heavy atom. The summed E-state index contributed by atoms with van der Waals surface area (Å²) < 4.78 is 9.31. The molecular formula is C61H68N4O. The van der Waals surface area contributed by atoms with E-state index in [-0.39, 0.29) is 27.1 Å². The van der Waals surface area contributed by atoms with Crippen LogP contribution in [-0.2, 0) is 27.1 Å². The van der Waals surface area contributed by atoms with Gasteiger partial charge in [-0.05, 0) is 122 Å². The first kappa shape index (κ1) is 44.9. The highest BCUT2D eigenvalue weighted by Crippen LogP contribution is 2.49. The average molecular weight is 873 g/mol. The number of rotatable bonds is 7. The van der Waals surface area contributed by atoms with Crippen molar-refractivity contribution in [2.24, 2.45) is 0 Å². The fourth-order valence-electron chi connectivity index (χ4n) is 9.39. The van der Waals surface area contributed by atoms with Crippen LogP contribution in [0.25, 0.3) is 27.6 Å². The third-order valence-electron chi connectivity index (χ3n) is 13.8. The second-order valence-electron chi connectivity index (χ2n) is 23.2. The van der Waals surface area contributed by atoms with Gasteiger partial charge in [0.15, 0.2) is 0 Å². The lowest BCUT2D eigenvalue weighted by atomic mass is 9.75. The fraction of sp³-hybridized carbons (Fsp3) is 0.328. The first-order valence-electron chi connectivity index (χ1n) is 23.7. The van der Waals surface area contributed by atoms with Crippen LogP contribution in [0.3, 0.4) is 0 Å². The average Bonchev–Trinajstić information content (AvgIpc) is 3.81. The zero-order valence-corrected chi connectivity index (χ0v) is 41.8. The first-order valence-corrected chi connectivity index (χ1v) is 23.7. The van der Waals surface area contributed by atoms with Crippen LogP contribution in [0.5, 0.6) is 11.5 Å². The van der Waals surface area contributed by atoms with E-state index < -0.39 is 0 Å². The van der Waals surface area contributed by atoms with E-state index in [4.69, 9.17) is 9.72 Å². The molecular weight excluding hydrogens is 805 g/mol.